The zero-order valence-electron chi connectivity index (χ0n) is 17.0. The number of hydrogen-bond acceptors (Lipinski definition) is 8. The van der Waals surface area contributed by atoms with Gasteiger partial charge < -0.3 is 18.9 Å². The second-order valence-corrected chi connectivity index (χ2v) is 7.78. The number of rotatable bonds is 8. The van der Waals surface area contributed by atoms with Crippen LogP contribution in [0.15, 0.2) is 36.5 Å². The molecule has 0 N–H and O–H groups in total. The number of carbonyl (C=O) groups excluding carboxylic acids is 1. The van der Waals surface area contributed by atoms with E-state index in [1.807, 2.05) is 18.2 Å². The first kappa shape index (κ1) is 20.8. The quantitative estimate of drug-likeness (QED) is 0.369. The molecule has 0 saturated heterocycles. The first-order chi connectivity index (χ1) is 15.0. The summed E-state index contributed by atoms with van der Waals surface area (Å²) in [5.41, 5.74) is 2.01. The molecule has 31 heavy (non-hydrogen) atoms. The Kier molecular flexibility index (Phi) is 5.85. The second kappa shape index (κ2) is 8.73. The molecule has 0 bridgehead atoms. The highest BCUT2D eigenvalue weighted by Gasteiger charge is 2.17. The van der Waals surface area contributed by atoms with E-state index in [2.05, 4.69) is 14.7 Å². The molecule has 1 atom stereocenters. The lowest BCUT2D eigenvalue weighted by atomic mass is 10.1. The number of hydrogen-bond donors (Lipinski definition) is 0. The van der Waals surface area contributed by atoms with Gasteiger partial charge in [0.2, 0.25) is 0 Å². The van der Waals surface area contributed by atoms with Crippen molar-refractivity contribution in [1.29, 1.82) is 0 Å². The average molecular weight is 442 g/mol. The van der Waals surface area contributed by atoms with Gasteiger partial charge in [0.1, 0.15) is 29.2 Å². The van der Waals surface area contributed by atoms with Crippen molar-refractivity contribution >= 4 is 38.9 Å². The maximum Gasteiger partial charge on any atom is 0.293 e. The molecular formula is C22H19FN2O5S. The Morgan fingerprint density at radius 2 is 1.90 bits per heavy atom. The Balaban J connectivity index is 1.78. The highest BCUT2D eigenvalue weighted by Crippen LogP contribution is 2.39. The van der Waals surface area contributed by atoms with Crippen molar-refractivity contribution in [2.75, 3.05) is 20.8 Å². The average Bonchev–Trinajstić information content (AvgIpc) is 3.19. The van der Waals surface area contributed by atoms with E-state index < -0.39 is 11.9 Å². The van der Waals surface area contributed by atoms with E-state index in [0.29, 0.717) is 28.5 Å². The van der Waals surface area contributed by atoms with E-state index in [1.54, 1.807) is 33.4 Å². The minimum atomic E-state index is -0.541. The topological polar surface area (TPSA) is 79.8 Å². The maximum atomic E-state index is 14.6. The number of ether oxygens (including phenoxy) is 4. The summed E-state index contributed by atoms with van der Waals surface area (Å²) in [4.78, 5) is 19.5. The standard InChI is InChI=1S/C22H19FN2O5S/c1-12(10-29-11-26)30-19-8-20-18(7-17(19)23)25-22(31-20)16-6-14(27-2)4-13-5-15(28-3)9-24-21(13)16/h4-9,11-12H,10H2,1-3H3. The number of methoxy groups -OCH3 is 2. The molecule has 0 saturated carbocycles. The predicted octanol–water partition coefficient (Wildman–Crippen LogP) is 4.61. The van der Waals surface area contributed by atoms with E-state index in [9.17, 15) is 9.18 Å². The Bertz CT molecular complexity index is 1250. The first-order valence-corrected chi connectivity index (χ1v) is 10.2. The third-order valence-corrected chi connectivity index (χ3v) is 5.65. The summed E-state index contributed by atoms with van der Waals surface area (Å²) >= 11 is 1.39. The van der Waals surface area contributed by atoms with Gasteiger partial charge in [-0.05, 0) is 25.1 Å². The molecule has 9 heteroatoms. The fourth-order valence-electron chi connectivity index (χ4n) is 3.16. The zero-order chi connectivity index (χ0) is 22.0. The normalized spacial score (nSPS) is 12.0. The molecule has 1 unspecified atom stereocenters. The molecule has 0 radical (unpaired) electrons. The van der Waals surface area contributed by atoms with Gasteiger partial charge in [-0.3, -0.25) is 9.78 Å². The minimum absolute atomic E-state index is 0.0276. The molecule has 2 heterocycles. The molecule has 0 amide bonds. The van der Waals surface area contributed by atoms with Crippen LogP contribution in [0.1, 0.15) is 6.92 Å². The van der Waals surface area contributed by atoms with Gasteiger partial charge in [0.15, 0.2) is 11.6 Å². The van der Waals surface area contributed by atoms with Crippen LogP contribution in [0.5, 0.6) is 17.2 Å². The van der Waals surface area contributed by atoms with Gasteiger partial charge in [0.05, 0.1) is 36.1 Å². The van der Waals surface area contributed by atoms with Gasteiger partial charge in [-0.25, -0.2) is 9.37 Å². The van der Waals surface area contributed by atoms with Crippen LogP contribution < -0.4 is 14.2 Å². The molecule has 2 aromatic carbocycles. The number of thiazole rings is 1. The molecule has 0 aliphatic heterocycles. The summed E-state index contributed by atoms with van der Waals surface area (Å²) in [6, 6.07) is 8.52. The van der Waals surface area contributed by atoms with Crippen LogP contribution in [-0.4, -0.2) is 43.4 Å². The van der Waals surface area contributed by atoms with Crippen molar-refractivity contribution in [2.45, 2.75) is 13.0 Å². The van der Waals surface area contributed by atoms with E-state index in [0.717, 1.165) is 21.2 Å². The highest BCUT2D eigenvalue weighted by atomic mass is 32.1. The van der Waals surface area contributed by atoms with Crippen molar-refractivity contribution < 1.29 is 28.1 Å². The molecule has 7 nitrogen and oxygen atoms in total. The van der Waals surface area contributed by atoms with Crippen LogP contribution in [-0.2, 0) is 9.53 Å². The molecule has 0 aliphatic rings. The molecule has 0 fully saturated rings. The van der Waals surface area contributed by atoms with Gasteiger partial charge in [0, 0.05) is 23.1 Å². The second-order valence-electron chi connectivity index (χ2n) is 6.75. The summed E-state index contributed by atoms with van der Waals surface area (Å²) in [7, 11) is 3.17. The van der Waals surface area contributed by atoms with Crippen molar-refractivity contribution in [3.63, 3.8) is 0 Å². The molecule has 0 spiro atoms. The summed E-state index contributed by atoms with van der Waals surface area (Å²) in [6.07, 6.45) is 1.14. The van der Waals surface area contributed by atoms with Gasteiger partial charge >= 0.3 is 0 Å². The fraction of sp³-hybridized carbons (Fsp3) is 0.227. The predicted molar refractivity (Wildman–Crippen MR) is 116 cm³/mol. The van der Waals surface area contributed by atoms with Gasteiger partial charge in [-0.15, -0.1) is 11.3 Å². The summed E-state index contributed by atoms with van der Waals surface area (Å²) in [6.45, 7) is 2.05. The van der Waals surface area contributed by atoms with Gasteiger partial charge in [-0.1, -0.05) is 0 Å². The summed E-state index contributed by atoms with van der Waals surface area (Å²) < 4.78 is 36.3. The Labute approximate surface area is 181 Å². The van der Waals surface area contributed by atoms with Crippen LogP contribution in [0.3, 0.4) is 0 Å². The SMILES string of the molecule is COc1cnc2c(-c3nc4cc(F)c(OC(C)COC=O)cc4s3)cc(OC)cc2c1. The molecule has 0 aliphatic carbocycles. The third kappa shape index (κ3) is 4.22. The number of carbonyl (C=O) groups is 1. The van der Waals surface area contributed by atoms with Crippen LogP contribution in [0.25, 0.3) is 31.7 Å². The molecule has 2 aromatic heterocycles. The third-order valence-electron chi connectivity index (χ3n) is 4.60. The van der Waals surface area contributed by atoms with Crippen LogP contribution in [0, 0.1) is 5.82 Å². The largest absolute Gasteiger partial charge is 0.497 e. The van der Waals surface area contributed by atoms with Crippen molar-refractivity contribution in [3.8, 4) is 27.8 Å². The number of aromatic nitrogens is 2. The molecule has 4 rings (SSSR count). The molecule has 4 aromatic rings. The number of nitrogens with zero attached hydrogens (tertiary/aromatic N) is 2. The Morgan fingerprint density at radius 1 is 1.13 bits per heavy atom. The lowest BCUT2D eigenvalue weighted by Gasteiger charge is -2.13. The lowest BCUT2D eigenvalue weighted by molar-refractivity contribution is -0.130. The van der Waals surface area contributed by atoms with Crippen LogP contribution in [0.4, 0.5) is 4.39 Å². The summed E-state index contributed by atoms with van der Waals surface area (Å²) in [5, 5.41) is 1.51. The number of fused-ring (bicyclic) bond motifs is 2. The first-order valence-electron chi connectivity index (χ1n) is 9.36. The maximum absolute atomic E-state index is 14.6. The smallest absolute Gasteiger partial charge is 0.293 e. The molecule has 160 valence electrons. The number of benzene rings is 2. The van der Waals surface area contributed by atoms with E-state index >= 15 is 0 Å². The van der Waals surface area contributed by atoms with Gasteiger partial charge in [-0.2, -0.15) is 0 Å². The van der Waals surface area contributed by atoms with Crippen molar-refractivity contribution in [2.24, 2.45) is 0 Å². The zero-order valence-corrected chi connectivity index (χ0v) is 17.9. The highest BCUT2D eigenvalue weighted by molar-refractivity contribution is 7.21. The lowest BCUT2D eigenvalue weighted by Crippen LogP contribution is -2.19. The Hall–Kier alpha value is -3.46. The van der Waals surface area contributed by atoms with E-state index in [1.165, 1.54) is 17.4 Å². The molecular weight excluding hydrogens is 423 g/mol. The fourth-order valence-corrected chi connectivity index (χ4v) is 4.15. The number of halogens is 1. The van der Waals surface area contributed by atoms with Crippen molar-refractivity contribution in [1.82, 2.24) is 9.97 Å². The van der Waals surface area contributed by atoms with Crippen LogP contribution in [0.2, 0.25) is 0 Å². The van der Waals surface area contributed by atoms with E-state index in [-0.39, 0.29) is 12.4 Å². The van der Waals surface area contributed by atoms with E-state index in [4.69, 9.17) is 14.2 Å². The minimum Gasteiger partial charge on any atom is -0.497 e. The summed E-state index contributed by atoms with van der Waals surface area (Å²) in [5.74, 6) is 0.812. The monoisotopic (exact) mass is 442 g/mol. The van der Waals surface area contributed by atoms with Crippen molar-refractivity contribution in [3.05, 3.63) is 42.3 Å². The van der Waals surface area contributed by atoms with Crippen LogP contribution >= 0.6 is 11.3 Å². The Morgan fingerprint density at radius 3 is 2.65 bits per heavy atom. The number of pyridine rings is 1. The van der Waals surface area contributed by atoms with Gasteiger partial charge in [0.25, 0.3) is 6.47 Å².